The van der Waals surface area contributed by atoms with Crippen LogP contribution >= 0.6 is 0 Å². The van der Waals surface area contributed by atoms with Crippen LogP contribution in [0.4, 0.5) is 5.69 Å². The number of ether oxygens (including phenoxy) is 1. The minimum atomic E-state index is -0.492. The maximum absolute atomic E-state index is 13.1. The molecule has 2 bridgehead atoms. The van der Waals surface area contributed by atoms with E-state index < -0.39 is 24.4 Å². The first-order valence-electron chi connectivity index (χ1n) is 10.6. The lowest BCUT2D eigenvalue weighted by Crippen LogP contribution is -2.37. The van der Waals surface area contributed by atoms with Crippen molar-refractivity contribution in [3.05, 3.63) is 65.7 Å². The van der Waals surface area contributed by atoms with Crippen molar-refractivity contribution in [2.24, 2.45) is 23.7 Å². The molecule has 2 saturated carbocycles. The minimum absolute atomic E-state index is 0.00948. The van der Waals surface area contributed by atoms with Gasteiger partial charge in [0.25, 0.3) is 5.91 Å². The predicted octanol–water partition coefficient (Wildman–Crippen LogP) is 3.92. The molecule has 2 aromatic carbocycles. The van der Waals surface area contributed by atoms with Crippen molar-refractivity contribution in [2.75, 3.05) is 11.9 Å². The number of Topliss-reactive ketones (excluding diaryl/α,β-unsaturated/α-hetero) is 2. The molecule has 1 N–H and O–H groups in total. The molecule has 4 atom stereocenters. The van der Waals surface area contributed by atoms with Crippen molar-refractivity contribution in [1.82, 2.24) is 0 Å². The van der Waals surface area contributed by atoms with E-state index in [-0.39, 0.29) is 29.3 Å². The van der Waals surface area contributed by atoms with Gasteiger partial charge in [0.2, 0.25) is 0 Å². The number of carbonyl (C=O) groups excluding carboxylic acids is 4. The van der Waals surface area contributed by atoms with Crippen LogP contribution in [0.5, 0.6) is 0 Å². The third-order valence-electron chi connectivity index (χ3n) is 6.47. The Hall–Kier alpha value is -3.28. The number of esters is 1. The molecule has 160 valence electrons. The second kappa shape index (κ2) is 8.84. The van der Waals surface area contributed by atoms with Crippen LogP contribution in [0.3, 0.4) is 0 Å². The van der Waals surface area contributed by atoms with Crippen LogP contribution in [-0.2, 0) is 14.3 Å². The van der Waals surface area contributed by atoms with Crippen LogP contribution < -0.4 is 5.32 Å². The highest BCUT2D eigenvalue weighted by atomic mass is 16.5. The smallest absolute Gasteiger partial charge is 0.310 e. The van der Waals surface area contributed by atoms with Gasteiger partial charge in [0.15, 0.2) is 18.2 Å². The largest absolute Gasteiger partial charge is 0.455 e. The summed E-state index contributed by atoms with van der Waals surface area (Å²) >= 11 is 0. The number of carbonyl (C=O) groups is 4. The first-order valence-corrected chi connectivity index (χ1v) is 10.6. The van der Waals surface area contributed by atoms with E-state index >= 15 is 0 Å². The number of anilines is 1. The Kier molecular flexibility index (Phi) is 5.98. The Morgan fingerprint density at radius 1 is 0.871 bits per heavy atom. The van der Waals surface area contributed by atoms with Crippen molar-refractivity contribution in [3.8, 4) is 0 Å². The van der Waals surface area contributed by atoms with Gasteiger partial charge in [-0.3, -0.25) is 19.2 Å². The molecular formula is C25H25NO5. The van der Waals surface area contributed by atoms with Crippen LogP contribution in [0.25, 0.3) is 0 Å². The molecule has 6 nitrogen and oxygen atoms in total. The van der Waals surface area contributed by atoms with Crippen molar-refractivity contribution in [1.29, 1.82) is 0 Å². The summed E-state index contributed by atoms with van der Waals surface area (Å²) in [5, 5.41) is 2.65. The summed E-state index contributed by atoms with van der Waals surface area (Å²) in [5.74, 6) is -1.53. The molecule has 0 unspecified atom stereocenters. The number of benzene rings is 2. The first-order chi connectivity index (χ1) is 14.9. The predicted molar refractivity (Wildman–Crippen MR) is 115 cm³/mol. The molecule has 0 aromatic heterocycles. The van der Waals surface area contributed by atoms with Gasteiger partial charge in [-0.2, -0.15) is 0 Å². The molecule has 0 spiro atoms. The fourth-order valence-electron chi connectivity index (χ4n) is 5.02. The van der Waals surface area contributed by atoms with E-state index in [2.05, 4.69) is 5.32 Å². The molecule has 1 amide bonds. The van der Waals surface area contributed by atoms with E-state index in [0.29, 0.717) is 16.8 Å². The summed E-state index contributed by atoms with van der Waals surface area (Å²) in [4.78, 5) is 49.5. The van der Waals surface area contributed by atoms with Gasteiger partial charge >= 0.3 is 5.97 Å². The van der Waals surface area contributed by atoms with Crippen LogP contribution in [0.2, 0.25) is 0 Å². The van der Waals surface area contributed by atoms with Gasteiger partial charge in [0.1, 0.15) is 0 Å². The third-order valence-corrected chi connectivity index (χ3v) is 6.47. The van der Waals surface area contributed by atoms with Crippen LogP contribution in [0, 0.1) is 23.7 Å². The molecule has 4 rings (SSSR count). The SMILES string of the molecule is CC(=O)c1ccc(NC(=O)COC(=O)[C@H]2[C@H]3CC[C@@H](C3)[C@@H]2C(=O)c2ccccc2)cc1. The number of hydrogen-bond acceptors (Lipinski definition) is 5. The minimum Gasteiger partial charge on any atom is -0.455 e. The van der Waals surface area contributed by atoms with Gasteiger partial charge in [0.05, 0.1) is 5.92 Å². The third kappa shape index (κ3) is 4.43. The highest BCUT2D eigenvalue weighted by Gasteiger charge is 2.54. The Morgan fingerprint density at radius 3 is 2.16 bits per heavy atom. The average molecular weight is 419 g/mol. The summed E-state index contributed by atoms with van der Waals surface area (Å²) in [6.45, 7) is 1.06. The normalized spacial score (nSPS) is 23.9. The van der Waals surface area contributed by atoms with E-state index in [1.807, 2.05) is 18.2 Å². The Labute approximate surface area is 181 Å². The number of hydrogen-bond donors (Lipinski definition) is 1. The van der Waals surface area contributed by atoms with Gasteiger partial charge in [-0.05, 0) is 62.3 Å². The quantitative estimate of drug-likeness (QED) is 0.543. The fourth-order valence-corrected chi connectivity index (χ4v) is 5.02. The Bertz CT molecular complexity index is 998. The zero-order valence-corrected chi connectivity index (χ0v) is 17.4. The molecule has 2 fully saturated rings. The summed E-state index contributed by atoms with van der Waals surface area (Å²) in [7, 11) is 0. The molecule has 0 radical (unpaired) electrons. The monoisotopic (exact) mass is 419 g/mol. The zero-order valence-electron chi connectivity index (χ0n) is 17.4. The standard InChI is InChI=1S/C25H25NO5/c1-15(27)16-9-11-20(12-10-16)26-21(28)14-31-25(30)23-19-8-7-18(13-19)22(23)24(29)17-5-3-2-4-6-17/h2-6,9-12,18-19,22-23H,7-8,13-14H2,1H3,(H,26,28)/t18-,19-,22-,23-/m0/s1. The topological polar surface area (TPSA) is 89.5 Å². The molecule has 2 aromatic rings. The lowest BCUT2D eigenvalue weighted by molar-refractivity contribution is -0.154. The van der Waals surface area contributed by atoms with E-state index in [1.165, 1.54) is 6.92 Å². The zero-order chi connectivity index (χ0) is 22.0. The van der Waals surface area contributed by atoms with E-state index in [4.69, 9.17) is 4.74 Å². The maximum atomic E-state index is 13.1. The molecule has 31 heavy (non-hydrogen) atoms. The van der Waals surface area contributed by atoms with Gasteiger partial charge in [-0.1, -0.05) is 30.3 Å². The van der Waals surface area contributed by atoms with Crippen LogP contribution in [-0.4, -0.2) is 30.0 Å². The number of ketones is 2. The van der Waals surface area contributed by atoms with E-state index in [0.717, 1.165) is 19.3 Å². The highest BCUT2D eigenvalue weighted by Crippen LogP contribution is 2.53. The van der Waals surface area contributed by atoms with Crippen molar-refractivity contribution in [2.45, 2.75) is 26.2 Å². The lowest BCUT2D eigenvalue weighted by Gasteiger charge is -2.28. The Balaban J connectivity index is 1.37. The second-order valence-corrected chi connectivity index (χ2v) is 8.40. The van der Waals surface area contributed by atoms with E-state index in [1.54, 1.807) is 36.4 Å². The number of amides is 1. The first kappa shape index (κ1) is 21.0. The van der Waals surface area contributed by atoms with Gasteiger partial charge in [-0.15, -0.1) is 0 Å². The Morgan fingerprint density at radius 2 is 1.52 bits per heavy atom. The second-order valence-electron chi connectivity index (χ2n) is 8.40. The van der Waals surface area contributed by atoms with Crippen molar-refractivity contribution in [3.63, 3.8) is 0 Å². The number of nitrogens with one attached hydrogen (secondary N) is 1. The van der Waals surface area contributed by atoms with Crippen LogP contribution in [0.15, 0.2) is 54.6 Å². The van der Waals surface area contributed by atoms with Gasteiger partial charge in [-0.25, -0.2) is 0 Å². The molecule has 0 saturated heterocycles. The summed E-state index contributed by atoms with van der Waals surface area (Å²) in [6, 6.07) is 15.6. The number of rotatable bonds is 7. The molecule has 2 aliphatic rings. The molecule has 0 aliphatic heterocycles. The van der Waals surface area contributed by atoms with Crippen LogP contribution in [0.1, 0.15) is 46.9 Å². The highest BCUT2D eigenvalue weighted by molar-refractivity contribution is 6.01. The van der Waals surface area contributed by atoms with E-state index in [9.17, 15) is 19.2 Å². The average Bonchev–Trinajstić information content (AvgIpc) is 3.40. The fraction of sp³-hybridized carbons (Fsp3) is 0.360. The molecule has 0 heterocycles. The summed E-state index contributed by atoms with van der Waals surface area (Å²) < 4.78 is 5.33. The van der Waals surface area contributed by atoms with Gasteiger partial charge < -0.3 is 10.1 Å². The number of fused-ring (bicyclic) bond motifs is 2. The molecule has 6 heteroatoms. The van der Waals surface area contributed by atoms with Crippen molar-refractivity contribution >= 4 is 29.1 Å². The van der Waals surface area contributed by atoms with Crippen molar-refractivity contribution < 1.29 is 23.9 Å². The molecule has 2 aliphatic carbocycles. The van der Waals surface area contributed by atoms with Gasteiger partial charge in [0, 0.05) is 22.7 Å². The maximum Gasteiger partial charge on any atom is 0.310 e. The summed E-state index contributed by atoms with van der Waals surface area (Å²) in [5.41, 5.74) is 1.68. The molecular weight excluding hydrogens is 394 g/mol. The lowest BCUT2D eigenvalue weighted by atomic mass is 9.75. The summed E-state index contributed by atoms with van der Waals surface area (Å²) in [6.07, 6.45) is 2.73.